The Morgan fingerprint density at radius 2 is 1.88 bits per heavy atom. The SMILES string of the molecule is CCOc1ccc(/C=C2/C(=O)NC(=S)N(C)C2=O)c2ccccc12. The summed E-state index contributed by atoms with van der Waals surface area (Å²) in [5.41, 5.74) is 0.828. The van der Waals surface area contributed by atoms with Crippen molar-refractivity contribution in [3.05, 3.63) is 47.5 Å². The number of likely N-dealkylation sites (N-methyl/N-ethyl adjacent to an activating group) is 1. The van der Waals surface area contributed by atoms with E-state index in [1.54, 1.807) is 6.08 Å². The van der Waals surface area contributed by atoms with E-state index in [2.05, 4.69) is 5.32 Å². The van der Waals surface area contributed by atoms with E-state index in [4.69, 9.17) is 17.0 Å². The standard InChI is InChI=1S/C18H16N2O3S/c1-3-23-15-9-8-11(12-6-4-5-7-13(12)15)10-14-16(21)19-18(24)20(2)17(14)22/h4-10H,3H2,1-2H3,(H,19,21,24)/b14-10-. The zero-order chi connectivity index (χ0) is 17.3. The van der Waals surface area contributed by atoms with Crippen LogP contribution in [0.4, 0.5) is 0 Å². The highest BCUT2D eigenvalue weighted by Gasteiger charge is 2.30. The quantitative estimate of drug-likeness (QED) is 0.530. The Morgan fingerprint density at radius 1 is 1.17 bits per heavy atom. The minimum Gasteiger partial charge on any atom is -0.493 e. The van der Waals surface area contributed by atoms with Gasteiger partial charge < -0.3 is 4.74 Å². The Kier molecular flexibility index (Phi) is 4.31. The van der Waals surface area contributed by atoms with E-state index in [0.717, 1.165) is 22.1 Å². The fourth-order valence-electron chi connectivity index (χ4n) is 2.60. The zero-order valence-electron chi connectivity index (χ0n) is 13.3. The third kappa shape index (κ3) is 2.76. The number of fused-ring (bicyclic) bond motifs is 1. The summed E-state index contributed by atoms with van der Waals surface area (Å²) in [4.78, 5) is 25.7. The first-order valence-corrected chi connectivity index (χ1v) is 7.93. The Morgan fingerprint density at radius 3 is 2.58 bits per heavy atom. The average Bonchev–Trinajstić information content (AvgIpc) is 2.58. The Balaban J connectivity index is 2.13. The summed E-state index contributed by atoms with van der Waals surface area (Å²) in [6.45, 7) is 2.49. The van der Waals surface area contributed by atoms with Crippen molar-refractivity contribution in [2.75, 3.05) is 13.7 Å². The highest BCUT2D eigenvalue weighted by molar-refractivity contribution is 7.80. The molecular weight excluding hydrogens is 324 g/mol. The predicted molar refractivity (Wildman–Crippen MR) is 96.6 cm³/mol. The van der Waals surface area contributed by atoms with Crippen molar-refractivity contribution in [3.63, 3.8) is 0 Å². The van der Waals surface area contributed by atoms with Gasteiger partial charge >= 0.3 is 0 Å². The number of rotatable bonds is 3. The molecule has 1 aliphatic heterocycles. The second-order valence-corrected chi connectivity index (χ2v) is 5.70. The van der Waals surface area contributed by atoms with Crippen LogP contribution in [-0.4, -0.2) is 35.5 Å². The van der Waals surface area contributed by atoms with Gasteiger partial charge in [0.15, 0.2) is 5.11 Å². The van der Waals surface area contributed by atoms with Gasteiger partial charge in [-0.1, -0.05) is 30.3 Å². The molecule has 0 aliphatic carbocycles. The van der Waals surface area contributed by atoms with Crippen LogP contribution in [0.2, 0.25) is 0 Å². The number of nitrogens with zero attached hydrogens (tertiary/aromatic N) is 1. The molecule has 0 atom stereocenters. The summed E-state index contributed by atoms with van der Waals surface area (Å²) in [5.74, 6) is -0.129. The summed E-state index contributed by atoms with van der Waals surface area (Å²) >= 11 is 4.95. The van der Waals surface area contributed by atoms with E-state index in [1.807, 2.05) is 43.3 Å². The topological polar surface area (TPSA) is 58.6 Å². The van der Waals surface area contributed by atoms with Crippen molar-refractivity contribution in [1.29, 1.82) is 0 Å². The molecule has 1 saturated heterocycles. The number of nitrogens with one attached hydrogen (secondary N) is 1. The first-order valence-electron chi connectivity index (χ1n) is 7.52. The molecule has 24 heavy (non-hydrogen) atoms. The molecule has 2 aromatic rings. The lowest BCUT2D eigenvalue weighted by molar-refractivity contribution is -0.128. The Bertz CT molecular complexity index is 889. The molecule has 0 unspecified atom stereocenters. The van der Waals surface area contributed by atoms with E-state index in [-0.39, 0.29) is 10.7 Å². The van der Waals surface area contributed by atoms with Crippen LogP contribution in [0.15, 0.2) is 42.0 Å². The molecule has 1 heterocycles. The van der Waals surface area contributed by atoms with Crippen molar-refractivity contribution >= 4 is 46.0 Å². The number of thiocarbonyl (C=S) groups is 1. The fourth-order valence-corrected chi connectivity index (χ4v) is 2.78. The van der Waals surface area contributed by atoms with Gasteiger partial charge in [0.25, 0.3) is 11.8 Å². The highest BCUT2D eigenvalue weighted by Crippen LogP contribution is 2.30. The van der Waals surface area contributed by atoms with Crippen LogP contribution in [0.25, 0.3) is 16.8 Å². The average molecular weight is 340 g/mol. The van der Waals surface area contributed by atoms with Crippen molar-refractivity contribution in [3.8, 4) is 5.75 Å². The lowest BCUT2D eigenvalue weighted by atomic mass is 10.0. The van der Waals surface area contributed by atoms with E-state index < -0.39 is 11.8 Å². The molecule has 1 aliphatic rings. The molecule has 1 N–H and O–H groups in total. The van der Waals surface area contributed by atoms with Crippen LogP contribution in [-0.2, 0) is 9.59 Å². The van der Waals surface area contributed by atoms with Gasteiger partial charge in [-0.25, -0.2) is 0 Å². The lowest BCUT2D eigenvalue weighted by Crippen LogP contribution is -2.52. The minimum absolute atomic E-state index is 0.0559. The molecule has 0 saturated carbocycles. The summed E-state index contributed by atoms with van der Waals surface area (Å²) in [7, 11) is 1.54. The summed E-state index contributed by atoms with van der Waals surface area (Å²) < 4.78 is 5.65. The third-order valence-electron chi connectivity index (χ3n) is 3.82. The Hall–Kier alpha value is -2.73. The number of carbonyl (C=O) groups excluding carboxylic acids is 2. The predicted octanol–water partition coefficient (Wildman–Crippen LogP) is 2.50. The van der Waals surface area contributed by atoms with E-state index in [0.29, 0.717) is 6.61 Å². The highest BCUT2D eigenvalue weighted by atomic mass is 32.1. The number of carbonyl (C=O) groups is 2. The van der Waals surface area contributed by atoms with Gasteiger partial charge in [0.2, 0.25) is 0 Å². The van der Waals surface area contributed by atoms with Crippen molar-refractivity contribution < 1.29 is 14.3 Å². The molecule has 0 aromatic heterocycles. The van der Waals surface area contributed by atoms with Gasteiger partial charge in [-0.3, -0.25) is 19.8 Å². The third-order valence-corrected chi connectivity index (χ3v) is 4.20. The first kappa shape index (κ1) is 16.1. The summed E-state index contributed by atoms with van der Waals surface area (Å²) in [6.07, 6.45) is 1.59. The number of hydrogen-bond donors (Lipinski definition) is 1. The molecule has 2 aromatic carbocycles. The van der Waals surface area contributed by atoms with Gasteiger partial charge in [0.1, 0.15) is 11.3 Å². The maximum atomic E-state index is 12.3. The Labute approximate surface area is 144 Å². The summed E-state index contributed by atoms with van der Waals surface area (Å²) in [6, 6.07) is 11.4. The number of hydrogen-bond acceptors (Lipinski definition) is 4. The lowest BCUT2D eigenvalue weighted by Gasteiger charge is -2.25. The van der Waals surface area contributed by atoms with Crippen molar-refractivity contribution in [1.82, 2.24) is 10.2 Å². The molecular formula is C18H16N2O3S. The maximum absolute atomic E-state index is 12.3. The van der Waals surface area contributed by atoms with Crippen LogP contribution in [0, 0.1) is 0 Å². The number of benzene rings is 2. The van der Waals surface area contributed by atoms with Crippen LogP contribution >= 0.6 is 12.2 Å². The number of ether oxygens (including phenoxy) is 1. The van der Waals surface area contributed by atoms with Crippen molar-refractivity contribution in [2.24, 2.45) is 0 Å². The monoisotopic (exact) mass is 340 g/mol. The molecule has 3 rings (SSSR count). The van der Waals surface area contributed by atoms with E-state index >= 15 is 0 Å². The molecule has 0 spiro atoms. The van der Waals surface area contributed by atoms with Crippen LogP contribution < -0.4 is 10.1 Å². The van der Waals surface area contributed by atoms with Crippen LogP contribution in [0.5, 0.6) is 5.75 Å². The summed E-state index contributed by atoms with van der Waals surface area (Å²) in [5, 5.41) is 4.47. The zero-order valence-corrected chi connectivity index (χ0v) is 14.1. The molecule has 5 nitrogen and oxygen atoms in total. The molecule has 0 bridgehead atoms. The first-order chi connectivity index (χ1) is 11.5. The number of amides is 2. The maximum Gasteiger partial charge on any atom is 0.265 e. The largest absolute Gasteiger partial charge is 0.493 e. The van der Waals surface area contributed by atoms with Gasteiger partial charge in [-0.05, 0) is 42.2 Å². The molecule has 122 valence electrons. The molecule has 1 fully saturated rings. The minimum atomic E-state index is -0.485. The fraction of sp³-hybridized carbons (Fsp3) is 0.167. The smallest absolute Gasteiger partial charge is 0.265 e. The van der Waals surface area contributed by atoms with Gasteiger partial charge in [0, 0.05) is 12.4 Å². The molecule has 0 radical (unpaired) electrons. The van der Waals surface area contributed by atoms with Gasteiger partial charge in [-0.2, -0.15) is 0 Å². The second kappa shape index (κ2) is 6.41. The van der Waals surface area contributed by atoms with Gasteiger partial charge in [0.05, 0.1) is 6.61 Å². The second-order valence-electron chi connectivity index (χ2n) is 5.31. The van der Waals surface area contributed by atoms with Crippen molar-refractivity contribution in [2.45, 2.75) is 6.92 Å². The van der Waals surface area contributed by atoms with Gasteiger partial charge in [-0.15, -0.1) is 0 Å². The van der Waals surface area contributed by atoms with Crippen LogP contribution in [0.1, 0.15) is 12.5 Å². The molecule has 2 amide bonds. The normalized spacial score (nSPS) is 16.7. The molecule has 6 heteroatoms. The van der Waals surface area contributed by atoms with Crippen LogP contribution in [0.3, 0.4) is 0 Å². The van der Waals surface area contributed by atoms with E-state index in [9.17, 15) is 9.59 Å². The van der Waals surface area contributed by atoms with E-state index in [1.165, 1.54) is 11.9 Å².